The molecule has 1 aliphatic heterocycles. The van der Waals surface area contributed by atoms with Gasteiger partial charge in [-0.1, -0.05) is 23.7 Å². The van der Waals surface area contributed by atoms with E-state index in [9.17, 15) is 9.59 Å². The van der Waals surface area contributed by atoms with Gasteiger partial charge in [0.1, 0.15) is 11.4 Å². The van der Waals surface area contributed by atoms with E-state index in [2.05, 4.69) is 10.3 Å². The molecule has 0 bridgehead atoms. The van der Waals surface area contributed by atoms with Crippen LogP contribution in [0, 0.1) is 0 Å². The standard InChI is InChI=1S/C23H18ClN3O3/c1-30-19-8-6-18(7-9-19)26-21-20(16-2-4-17(24)5-3-16)22(28)27(23(21)29)14-15-10-12-25-13-11-15/h2-13,26H,14H2,1H3. The first-order chi connectivity index (χ1) is 14.6. The zero-order chi connectivity index (χ0) is 21.1. The molecule has 0 spiro atoms. The number of methoxy groups -OCH3 is 1. The number of ether oxygens (including phenoxy) is 1. The molecular formula is C23H18ClN3O3. The lowest BCUT2D eigenvalue weighted by molar-refractivity contribution is -0.137. The molecule has 1 aromatic heterocycles. The van der Waals surface area contributed by atoms with Crippen LogP contribution in [-0.4, -0.2) is 28.8 Å². The van der Waals surface area contributed by atoms with Gasteiger partial charge in [-0.25, -0.2) is 0 Å². The molecule has 0 fully saturated rings. The molecule has 2 aromatic carbocycles. The quantitative estimate of drug-likeness (QED) is 0.608. The van der Waals surface area contributed by atoms with Crippen LogP contribution in [0.1, 0.15) is 11.1 Å². The maximum atomic E-state index is 13.2. The molecular weight excluding hydrogens is 402 g/mol. The SMILES string of the molecule is COc1ccc(NC2=C(c3ccc(Cl)cc3)C(=O)N(Cc3ccncc3)C2=O)cc1. The molecule has 30 heavy (non-hydrogen) atoms. The third kappa shape index (κ3) is 3.90. The number of carbonyl (C=O) groups is 2. The van der Waals surface area contributed by atoms with Gasteiger partial charge in [-0.3, -0.25) is 19.5 Å². The molecule has 0 atom stereocenters. The van der Waals surface area contributed by atoms with Crippen LogP contribution >= 0.6 is 11.6 Å². The zero-order valence-electron chi connectivity index (χ0n) is 16.1. The van der Waals surface area contributed by atoms with Crippen molar-refractivity contribution in [1.82, 2.24) is 9.88 Å². The molecule has 150 valence electrons. The number of nitrogens with one attached hydrogen (secondary N) is 1. The van der Waals surface area contributed by atoms with Gasteiger partial charge >= 0.3 is 0 Å². The first kappa shape index (κ1) is 19.7. The third-order valence-corrected chi connectivity index (χ3v) is 5.00. The van der Waals surface area contributed by atoms with Crippen LogP contribution in [0.25, 0.3) is 5.57 Å². The van der Waals surface area contributed by atoms with Crippen LogP contribution in [0.5, 0.6) is 5.75 Å². The third-order valence-electron chi connectivity index (χ3n) is 4.75. The minimum absolute atomic E-state index is 0.158. The van der Waals surface area contributed by atoms with E-state index >= 15 is 0 Å². The number of hydrogen-bond acceptors (Lipinski definition) is 5. The van der Waals surface area contributed by atoms with Gasteiger partial charge in [-0.2, -0.15) is 0 Å². The summed E-state index contributed by atoms with van der Waals surface area (Å²) in [5.74, 6) is -0.0617. The number of carbonyl (C=O) groups excluding carboxylic acids is 2. The first-order valence-corrected chi connectivity index (χ1v) is 9.61. The molecule has 1 aliphatic rings. The number of aromatic nitrogens is 1. The first-order valence-electron chi connectivity index (χ1n) is 9.23. The van der Waals surface area contributed by atoms with E-state index in [1.165, 1.54) is 4.90 Å². The van der Waals surface area contributed by atoms with Gasteiger partial charge in [0.25, 0.3) is 11.8 Å². The van der Waals surface area contributed by atoms with E-state index in [0.717, 1.165) is 5.56 Å². The molecule has 0 unspecified atom stereocenters. The summed E-state index contributed by atoms with van der Waals surface area (Å²) in [5.41, 5.74) is 2.63. The molecule has 0 radical (unpaired) electrons. The number of benzene rings is 2. The fourth-order valence-electron chi connectivity index (χ4n) is 3.21. The lowest BCUT2D eigenvalue weighted by Gasteiger charge is -2.15. The smallest absolute Gasteiger partial charge is 0.278 e. The summed E-state index contributed by atoms with van der Waals surface area (Å²) < 4.78 is 5.18. The van der Waals surface area contributed by atoms with Crippen LogP contribution in [-0.2, 0) is 16.1 Å². The lowest BCUT2D eigenvalue weighted by Crippen LogP contribution is -2.32. The Balaban J connectivity index is 1.72. The highest BCUT2D eigenvalue weighted by atomic mass is 35.5. The Kier molecular flexibility index (Phi) is 5.50. The molecule has 0 aliphatic carbocycles. The summed E-state index contributed by atoms with van der Waals surface area (Å²) in [4.78, 5) is 31.7. The zero-order valence-corrected chi connectivity index (χ0v) is 16.9. The normalized spacial score (nSPS) is 13.7. The van der Waals surface area contributed by atoms with Crippen molar-refractivity contribution in [2.75, 3.05) is 12.4 Å². The number of amides is 2. The van der Waals surface area contributed by atoms with Gasteiger partial charge in [0, 0.05) is 23.1 Å². The predicted octanol–water partition coefficient (Wildman–Crippen LogP) is 4.14. The number of imide groups is 1. The number of hydrogen-bond donors (Lipinski definition) is 1. The van der Waals surface area contributed by atoms with E-state index in [1.54, 1.807) is 80.2 Å². The minimum Gasteiger partial charge on any atom is -0.497 e. The predicted molar refractivity (Wildman–Crippen MR) is 115 cm³/mol. The molecule has 1 N–H and O–H groups in total. The van der Waals surface area contributed by atoms with Crippen LogP contribution in [0.15, 0.2) is 78.8 Å². The Morgan fingerprint density at radius 3 is 2.23 bits per heavy atom. The van der Waals surface area contributed by atoms with Gasteiger partial charge in [0.2, 0.25) is 0 Å². The van der Waals surface area contributed by atoms with Crippen molar-refractivity contribution < 1.29 is 14.3 Å². The molecule has 4 rings (SSSR count). The summed E-state index contributed by atoms with van der Waals surface area (Å²) in [7, 11) is 1.58. The van der Waals surface area contributed by atoms with Gasteiger partial charge in [0.05, 0.1) is 19.2 Å². The maximum Gasteiger partial charge on any atom is 0.278 e. The fraction of sp³-hybridized carbons (Fsp3) is 0.0870. The Morgan fingerprint density at radius 1 is 0.933 bits per heavy atom. The van der Waals surface area contributed by atoms with Crippen molar-refractivity contribution in [3.8, 4) is 5.75 Å². The molecule has 7 heteroatoms. The van der Waals surface area contributed by atoms with Crippen molar-refractivity contribution in [3.05, 3.63) is 94.9 Å². The monoisotopic (exact) mass is 419 g/mol. The summed E-state index contributed by atoms with van der Waals surface area (Å²) in [6.07, 6.45) is 3.26. The maximum absolute atomic E-state index is 13.2. The molecule has 2 heterocycles. The highest BCUT2D eigenvalue weighted by Gasteiger charge is 2.39. The number of anilines is 1. The van der Waals surface area contributed by atoms with Crippen LogP contribution in [0.3, 0.4) is 0 Å². The van der Waals surface area contributed by atoms with Crippen molar-refractivity contribution in [1.29, 1.82) is 0 Å². The highest BCUT2D eigenvalue weighted by Crippen LogP contribution is 2.32. The van der Waals surface area contributed by atoms with E-state index < -0.39 is 5.91 Å². The van der Waals surface area contributed by atoms with Crippen LogP contribution in [0.2, 0.25) is 5.02 Å². The average Bonchev–Trinajstić information content (AvgIpc) is 3.00. The van der Waals surface area contributed by atoms with E-state index in [0.29, 0.717) is 27.6 Å². The van der Waals surface area contributed by atoms with Crippen LogP contribution in [0.4, 0.5) is 5.69 Å². The lowest BCUT2D eigenvalue weighted by atomic mass is 10.0. The summed E-state index contributed by atoms with van der Waals surface area (Å²) in [6, 6.07) is 17.5. The van der Waals surface area contributed by atoms with Crippen molar-refractivity contribution in [3.63, 3.8) is 0 Å². The Bertz CT molecular complexity index is 1110. The molecule has 3 aromatic rings. The minimum atomic E-state index is -0.391. The molecule has 0 saturated carbocycles. The molecule has 2 amide bonds. The molecule has 6 nitrogen and oxygen atoms in total. The number of halogens is 1. The second kappa shape index (κ2) is 8.39. The molecule has 0 saturated heterocycles. The second-order valence-electron chi connectivity index (χ2n) is 6.66. The van der Waals surface area contributed by atoms with E-state index in [1.807, 2.05) is 0 Å². The summed E-state index contributed by atoms with van der Waals surface area (Å²) in [6.45, 7) is 0.158. The van der Waals surface area contributed by atoms with Crippen molar-refractivity contribution in [2.24, 2.45) is 0 Å². The number of nitrogens with zero attached hydrogens (tertiary/aromatic N) is 2. The fourth-order valence-corrected chi connectivity index (χ4v) is 3.34. The average molecular weight is 420 g/mol. The van der Waals surface area contributed by atoms with Gasteiger partial charge in [-0.15, -0.1) is 0 Å². The van der Waals surface area contributed by atoms with E-state index in [-0.39, 0.29) is 18.1 Å². The second-order valence-corrected chi connectivity index (χ2v) is 7.10. The Hall–Kier alpha value is -3.64. The summed E-state index contributed by atoms with van der Waals surface area (Å²) >= 11 is 6.00. The Morgan fingerprint density at radius 2 is 1.60 bits per heavy atom. The van der Waals surface area contributed by atoms with Crippen LogP contribution < -0.4 is 10.1 Å². The summed E-state index contributed by atoms with van der Waals surface area (Å²) in [5, 5.41) is 3.67. The highest BCUT2D eigenvalue weighted by molar-refractivity contribution is 6.36. The largest absolute Gasteiger partial charge is 0.497 e. The van der Waals surface area contributed by atoms with Gasteiger partial charge in [0.15, 0.2) is 0 Å². The number of pyridine rings is 1. The van der Waals surface area contributed by atoms with Crippen molar-refractivity contribution in [2.45, 2.75) is 6.54 Å². The van der Waals surface area contributed by atoms with Gasteiger partial charge in [-0.05, 0) is 59.7 Å². The van der Waals surface area contributed by atoms with E-state index in [4.69, 9.17) is 16.3 Å². The van der Waals surface area contributed by atoms with Gasteiger partial charge < -0.3 is 10.1 Å². The number of rotatable bonds is 6. The Labute approximate surface area is 178 Å². The topological polar surface area (TPSA) is 71.5 Å². The van der Waals surface area contributed by atoms with Crippen molar-refractivity contribution >= 4 is 34.7 Å².